The van der Waals surface area contributed by atoms with Crippen LogP contribution >= 0.6 is 0 Å². The molecular weight excluding hydrogens is 370 g/mol. The van der Waals surface area contributed by atoms with Crippen molar-refractivity contribution in [1.82, 2.24) is 0 Å². The molecule has 0 heterocycles. The normalized spacial score (nSPS) is 19.9. The fraction of sp³-hybridized carbons (Fsp3) is 0.409. The van der Waals surface area contributed by atoms with Crippen LogP contribution in [0.25, 0.3) is 0 Å². The minimum absolute atomic E-state index is 0.369. The van der Waals surface area contributed by atoms with Gasteiger partial charge in [-0.15, -0.1) is 0 Å². The van der Waals surface area contributed by atoms with Crippen molar-refractivity contribution in [3.05, 3.63) is 64.7 Å². The van der Waals surface area contributed by atoms with E-state index in [0.717, 1.165) is 37.2 Å². The Kier molecular flexibility index (Phi) is 5.93. The van der Waals surface area contributed by atoms with Gasteiger partial charge < -0.3 is 4.74 Å². The van der Waals surface area contributed by atoms with Gasteiger partial charge in [-0.25, -0.2) is 8.78 Å². The number of rotatable bonds is 5. The van der Waals surface area contributed by atoms with Gasteiger partial charge in [-0.3, -0.25) is 0 Å². The van der Waals surface area contributed by atoms with Crippen molar-refractivity contribution in [2.24, 2.45) is 5.92 Å². The van der Waals surface area contributed by atoms with Crippen molar-refractivity contribution in [2.75, 3.05) is 0 Å². The molecule has 0 aliphatic heterocycles. The molecule has 2 aromatic carbocycles. The fourth-order valence-electron chi connectivity index (χ4n) is 3.78. The van der Waals surface area contributed by atoms with Gasteiger partial charge in [0.2, 0.25) is 0 Å². The van der Waals surface area contributed by atoms with Crippen LogP contribution in [0, 0.1) is 28.9 Å². The summed E-state index contributed by atoms with van der Waals surface area (Å²) in [5.74, 6) is -2.05. The van der Waals surface area contributed by atoms with Gasteiger partial charge in [-0.2, -0.15) is 14.0 Å². The molecule has 0 radical (unpaired) electrons. The van der Waals surface area contributed by atoms with Crippen LogP contribution in [0.3, 0.4) is 0 Å². The van der Waals surface area contributed by atoms with E-state index in [9.17, 15) is 17.6 Å². The summed E-state index contributed by atoms with van der Waals surface area (Å²) in [4.78, 5) is 0. The third-order valence-corrected chi connectivity index (χ3v) is 5.52. The van der Waals surface area contributed by atoms with Crippen LogP contribution in [0.1, 0.15) is 61.6 Å². The van der Waals surface area contributed by atoms with Gasteiger partial charge in [0.15, 0.2) is 0 Å². The van der Waals surface area contributed by atoms with Crippen molar-refractivity contribution >= 4 is 0 Å². The lowest BCUT2D eigenvalue weighted by atomic mass is 9.78. The largest absolute Gasteiger partial charge is 0.429 e. The third-order valence-electron chi connectivity index (χ3n) is 5.52. The predicted octanol–water partition coefficient (Wildman–Crippen LogP) is 6.65. The monoisotopic (exact) mass is 391 g/mol. The summed E-state index contributed by atoms with van der Waals surface area (Å²) in [5.41, 5.74) is -0.217. The molecule has 0 saturated heterocycles. The molecule has 148 valence electrons. The highest BCUT2D eigenvalue weighted by molar-refractivity contribution is 5.38. The van der Waals surface area contributed by atoms with Crippen LogP contribution in [0.5, 0.6) is 5.75 Å². The summed E-state index contributed by atoms with van der Waals surface area (Å²) in [5, 5.41) is 8.64. The number of hydrogen-bond acceptors (Lipinski definition) is 2. The second-order valence-electron chi connectivity index (χ2n) is 7.24. The van der Waals surface area contributed by atoms with Crippen LogP contribution < -0.4 is 4.74 Å². The molecule has 1 fully saturated rings. The third kappa shape index (κ3) is 4.30. The van der Waals surface area contributed by atoms with E-state index in [-0.39, 0.29) is 0 Å². The van der Waals surface area contributed by atoms with E-state index < -0.39 is 34.6 Å². The molecule has 0 aromatic heterocycles. The number of nitriles is 1. The first-order chi connectivity index (χ1) is 13.3. The molecule has 0 unspecified atom stereocenters. The standard InChI is InChI=1S/C22H21F4NO/c1-2-14-3-5-15(6-4-14)16-7-9-17(10-8-16)22(25,26)28-18-11-20(23)19(13-27)21(24)12-18/h7-12,14-15H,2-6H2,1H3/t14-,15-. The Morgan fingerprint density at radius 1 is 1.04 bits per heavy atom. The maximum Gasteiger partial charge on any atom is 0.426 e. The molecule has 2 aromatic rings. The molecule has 0 spiro atoms. The van der Waals surface area contributed by atoms with E-state index in [1.165, 1.54) is 24.6 Å². The maximum atomic E-state index is 14.4. The van der Waals surface area contributed by atoms with Gasteiger partial charge in [0.25, 0.3) is 0 Å². The quantitative estimate of drug-likeness (QED) is 0.535. The zero-order valence-electron chi connectivity index (χ0n) is 15.5. The zero-order chi connectivity index (χ0) is 20.3. The van der Waals surface area contributed by atoms with Crippen molar-refractivity contribution in [2.45, 2.75) is 51.1 Å². The van der Waals surface area contributed by atoms with Crippen LogP contribution in [-0.4, -0.2) is 0 Å². The van der Waals surface area contributed by atoms with E-state index in [2.05, 4.69) is 11.7 Å². The molecule has 2 nitrogen and oxygen atoms in total. The average molecular weight is 391 g/mol. The van der Waals surface area contributed by atoms with Crippen molar-refractivity contribution in [1.29, 1.82) is 5.26 Å². The van der Waals surface area contributed by atoms with Crippen molar-refractivity contribution in [3.8, 4) is 11.8 Å². The van der Waals surface area contributed by atoms with Crippen LogP contribution in [0.15, 0.2) is 36.4 Å². The average Bonchev–Trinajstić information content (AvgIpc) is 2.67. The molecule has 28 heavy (non-hydrogen) atoms. The lowest BCUT2D eigenvalue weighted by Gasteiger charge is -2.28. The molecule has 0 amide bonds. The second kappa shape index (κ2) is 8.22. The van der Waals surface area contributed by atoms with Gasteiger partial charge >= 0.3 is 6.11 Å². The molecule has 0 bridgehead atoms. The number of benzene rings is 2. The number of halogens is 4. The van der Waals surface area contributed by atoms with Crippen molar-refractivity contribution in [3.63, 3.8) is 0 Å². The Hall–Kier alpha value is -2.55. The topological polar surface area (TPSA) is 33.0 Å². The second-order valence-corrected chi connectivity index (χ2v) is 7.24. The minimum atomic E-state index is -3.76. The first kappa shape index (κ1) is 20.2. The molecule has 1 saturated carbocycles. The van der Waals surface area contributed by atoms with Gasteiger partial charge in [0.05, 0.1) is 5.56 Å². The molecule has 3 rings (SSSR count). The summed E-state index contributed by atoms with van der Waals surface area (Å²) >= 11 is 0. The number of ether oxygens (including phenoxy) is 1. The Labute approximate surface area is 161 Å². The number of alkyl halides is 2. The fourth-order valence-corrected chi connectivity index (χ4v) is 3.78. The molecule has 6 heteroatoms. The number of hydrogen-bond donors (Lipinski definition) is 0. The van der Waals surface area contributed by atoms with E-state index in [1.807, 2.05) is 0 Å². The van der Waals surface area contributed by atoms with Crippen LogP contribution in [0.2, 0.25) is 0 Å². The van der Waals surface area contributed by atoms with Crippen LogP contribution in [-0.2, 0) is 6.11 Å². The van der Waals surface area contributed by atoms with Gasteiger partial charge in [0.1, 0.15) is 29.0 Å². The van der Waals surface area contributed by atoms with Crippen LogP contribution in [0.4, 0.5) is 17.6 Å². The molecule has 0 atom stereocenters. The van der Waals surface area contributed by atoms with Gasteiger partial charge in [0, 0.05) is 12.1 Å². The summed E-state index contributed by atoms with van der Waals surface area (Å²) < 4.78 is 60.6. The predicted molar refractivity (Wildman–Crippen MR) is 97.0 cm³/mol. The smallest absolute Gasteiger partial charge is 0.426 e. The van der Waals surface area contributed by atoms with E-state index >= 15 is 0 Å². The summed E-state index contributed by atoms with van der Waals surface area (Å²) in [6, 6.07) is 8.41. The van der Waals surface area contributed by atoms with Gasteiger partial charge in [-0.1, -0.05) is 25.5 Å². The highest BCUT2D eigenvalue weighted by Crippen LogP contribution is 2.38. The zero-order valence-corrected chi connectivity index (χ0v) is 15.5. The SMILES string of the molecule is CC[C@H]1CC[C@H](c2ccc(C(F)(F)Oc3cc(F)c(C#N)c(F)c3)cc2)CC1. The maximum absolute atomic E-state index is 14.4. The lowest BCUT2D eigenvalue weighted by Crippen LogP contribution is -2.22. The summed E-state index contributed by atoms with van der Waals surface area (Å²) in [6.07, 6.45) is 1.82. The first-order valence-electron chi connectivity index (χ1n) is 9.40. The summed E-state index contributed by atoms with van der Waals surface area (Å²) in [6.45, 7) is 2.19. The molecule has 1 aliphatic carbocycles. The Morgan fingerprint density at radius 3 is 2.11 bits per heavy atom. The highest BCUT2D eigenvalue weighted by Gasteiger charge is 2.35. The summed E-state index contributed by atoms with van der Waals surface area (Å²) in [7, 11) is 0. The highest BCUT2D eigenvalue weighted by atomic mass is 19.3. The first-order valence-corrected chi connectivity index (χ1v) is 9.40. The lowest BCUT2D eigenvalue weighted by molar-refractivity contribution is -0.185. The minimum Gasteiger partial charge on any atom is -0.429 e. The van der Waals surface area contributed by atoms with E-state index in [4.69, 9.17) is 5.26 Å². The van der Waals surface area contributed by atoms with E-state index in [0.29, 0.717) is 18.1 Å². The Morgan fingerprint density at radius 2 is 1.61 bits per heavy atom. The Balaban J connectivity index is 1.73. The van der Waals surface area contributed by atoms with Gasteiger partial charge in [-0.05, 0) is 55.2 Å². The molecule has 0 N–H and O–H groups in total. The number of nitrogens with zero attached hydrogens (tertiary/aromatic N) is 1. The van der Waals surface area contributed by atoms with E-state index in [1.54, 1.807) is 12.1 Å². The van der Waals surface area contributed by atoms with Crippen molar-refractivity contribution < 1.29 is 22.3 Å². The molecular formula is C22H21F4NO. The molecule has 1 aliphatic rings. The Bertz CT molecular complexity index is 842.